The van der Waals surface area contributed by atoms with Crippen molar-refractivity contribution in [2.75, 3.05) is 0 Å². The van der Waals surface area contributed by atoms with Gasteiger partial charge >= 0.3 is 0 Å². The Kier molecular flexibility index (Phi) is 24.3. The Morgan fingerprint density at radius 3 is 1.45 bits per heavy atom. The number of amides is 1. The summed E-state index contributed by atoms with van der Waals surface area (Å²) < 4.78 is 0. The summed E-state index contributed by atoms with van der Waals surface area (Å²) in [5.74, 6) is -0.657. The third-order valence-corrected chi connectivity index (χ3v) is 0.370. The van der Waals surface area contributed by atoms with E-state index in [9.17, 15) is 4.79 Å². The predicted octanol–water partition coefficient (Wildman–Crippen LogP) is 1.95. The van der Waals surface area contributed by atoms with E-state index in [1.54, 1.807) is 0 Å². The van der Waals surface area contributed by atoms with Crippen LogP contribution in [-0.4, -0.2) is 11.6 Å². The second-order valence-electron chi connectivity index (χ2n) is 1.70. The van der Waals surface area contributed by atoms with Crippen LogP contribution in [0.3, 0.4) is 0 Å². The van der Waals surface area contributed by atoms with Crippen LogP contribution in [0.15, 0.2) is 0 Å². The normalized spacial score (nSPS) is 6.27. The van der Waals surface area contributed by atoms with E-state index in [0.717, 1.165) is 0 Å². The van der Waals surface area contributed by atoms with Crippen LogP contribution in [0.2, 0.25) is 0 Å². The van der Waals surface area contributed by atoms with Gasteiger partial charge in [-0.05, 0) is 6.92 Å². The van der Waals surface area contributed by atoms with E-state index in [1.165, 1.54) is 13.3 Å². The monoisotopic (exact) mass is 160 g/mol. The number of hydrogen-bond acceptors (Lipinski definition) is 2. The van der Waals surface area contributed by atoms with Crippen molar-refractivity contribution < 1.29 is 4.79 Å². The Bertz CT molecular complexity index is 88.3. The summed E-state index contributed by atoms with van der Waals surface area (Å²) in [7, 11) is 0. The molecule has 0 saturated carbocycles. The molecule has 0 aliphatic rings. The fourth-order valence-electron chi connectivity index (χ4n) is 0. The molecular weight excluding hydrogens is 140 g/mol. The van der Waals surface area contributed by atoms with Crippen LogP contribution in [0.4, 0.5) is 0 Å². The molecule has 0 aliphatic heterocycles. The maximum absolute atomic E-state index is 9.70. The highest BCUT2D eigenvalue weighted by atomic mass is 16.1. The molecule has 0 spiro atoms. The number of nitrogens with two attached hydrogens (primary N) is 1. The Balaban J connectivity index is -0.000000109. The van der Waals surface area contributed by atoms with Gasteiger partial charge in [-0.2, -0.15) is 0 Å². The van der Waals surface area contributed by atoms with Crippen molar-refractivity contribution in [2.24, 2.45) is 5.73 Å². The van der Waals surface area contributed by atoms with Gasteiger partial charge in [0.2, 0.25) is 0 Å². The van der Waals surface area contributed by atoms with Gasteiger partial charge in [-0.1, -0.05) is 34.1 Å². The molecule has 0 aromatic rings. The molecule has 1 amide bonds. The Morgan fingerprint density at radius 2 is 1.45 bits per heavy atom. The highest BCUT2D eigenvalue weighted by molar-refractivity contribution is 6.35. The smallest absolute Gasteiger partial charge is 0.262 e. The molecule has 68 valence electrons. The lowest BCUT2D eigenvalue weighted by Gasteiger charge is -1.79. The lowest BCUT2D eigenvalue weighted by Crippen LogP contribution is -2.18. The molecule has 0 aromatic carbocycles. The molecule has 3 heteroatoms. The third kappa shape index (κ3) is 47.3. The zero-order valence-corrected chi connectivity index (χ0v) is 8.19. The van der Waals surface area contributed by atoms with Gasteiger partial charge in [-0.15, -0.1) is 0 Å². The van der Waals surface area contributed by atoms with Crippen LogP contribution in [0, 0.1) is 5.41 Å². The summed E-state index contributed by atoms with van der Waals surface area (Å²) in [5, 5.41) is 6.47. The van der Waals surface area contributed by atoms with Crippen molar-refractivity contribution >= 4 is 11.6 Å². The molecule has 0 aliphatic carbocycles. The van der Waals surface area contributed by atoms with Crippen molar-refractivity contribution in [3.8, 4) is 0 Å². The second-order valence-corrected chi connectivity index (χ2v) is 1.70. The Morgan fingerprint density at radius 1 is 1.36 bits per heavy atom. The first-order chi connectivity index (χ1) is 5.06. The van der Waals surface area contributed by atoms with Crippen molar-refractivity contribution in [2.45, 2.75) is 41.0 Å². The second kappa shape index (κ2) is 16.1. The fourth-order valence-corrected chi connectivity index (χ4v) is 0. The number of rotatable bonds is 1. The van der Waals surface area contributed by atoms with Crippen molar-refractivity contribution in [3.05, 3.63) is 0 Å². The van der Waals surface area contributed by atoms with Crippen molar-refractivity contribution in [1.82, 2.24) is 0 Å². The van der Waals surface area contributed by atoms with E-state index in [4.69, 9.17) is 5.41 Å². The van der Waals surface area contributed by atoms with Crippen LogP contribution in [0.1, 0.15) is 41.0 Å². The molecule has 0 heterocycles. The first-order valence-corrected chi connectivity index (χ1v) is 3.91. The maximum atomic E-state index is 9.70. The first-order valence-electron chi connectivity index (χ1n) is 3.91. The maximum Gasteiger partial charge on any atom is 0.262 e. The average molecular weight is 160 g/mol. The van der Waals surface area contributed by atoms with Crippen molar-refractivity contribution in [3.63, 3.8) is 0 Å². The summed E-state index contributed by atoms with van der Waals surface area (Å²) in [6.07, 6.45) is 1.25. The largest absolute Gasteiger partial charge is 0.365 e. The SMILES string of the molecule is CC.CC(=N)C(N)=O.CCC. The van der Waals surface area contributed by atoms with Gasteiger partial charge in [-0.3, -0.25) is 10.2 Å². The van der Waals surface area contributed by atoms with Crippen molar-refractivity contribution in [1.29, 1.82) is 5.41 Å². The molecule has 0 aromatic heterocycles. The minimum absolute atomic E-state index is 0.102. The fraction of sp³-hybridized carbons (Fsp3) is 0.750. The van der Waals surface area contributed by atoms with Gasteiger partial charge in [-0.25, -0.2) is 0 Å². The average Bonchev–Trinajstić information content (AvgIpc) is 1.93. The Labute approximate surface area is 69.5 Å². The van der Waals surface area contributed by atoms with E-state index in [0.29, 0.717) is 0 Å². The van der Waals surface area contributed by atoms with E-state index in [-0.39, 0.29) is 5.71 Å². The van der Waals surface area contributed by atoms with Crippen LogP contribution < -0.4 is 5.73 Å². The number of hydrogen-bond donors (Lipinski definition) is 2. The number of carbonyl (C=O) groups is 1. The van der Waals surface area contributed by atoms with Crippen LogP contribution >= 0.6 is 0 Å². The highest BCUT2D eigenvalue weighted by Gasteiger charge is 1.89. The molecule has 0 bridgehead atoms. The zero-order valence-electron chi connectivity index (χ0n) is 8.19. The van der Waals surface area contributed by atoms with Gasteiger partial charge in [0.15, 0.2) is 0 Å². The topological polar surface area (TPSA) is 66.9 Å². The molecule has 0 fully saturated rings. The minimum Gasteiger partial charge on any atom is -0.365 e. The molecule has 0 unspecified atom stereocenters. The molecule has 0 atom stereocenters. The van der Waals surface area contributed by atoms with E-state index in [2.05, 4.69) is 19.6 Å². The molecule has 3 N–H and O–H groups in total. The summed E-state index contributed by atoms with van der Waals surface area (Å²) in [5.41, 5.74) is 4.47. The lowest BCUT2D eigenvalue weighted by molar-refractivity contribution is -0.112. The van der Waals surface area contributed by atoms with E-state index in [1.807, 2.05) is 13.8 Å². The standard InChI is InChI=1S/C3H6N2O.C3H8.C2H6/c1-2(4)3(5)6;1-3-2;1-2/h4H,1H3,(H2,5,6);3H2,1-2H3;1-2H3. The number of carbonyl (C=O) groups excluding carboxylic acids is 1. The Hall–Kier alpha value is -0.860. The molecular formula is C8H20N2O. The van der Waals surface area contributed by atoms with Gasteiger partial charge in [0.25, 0.3) is 5.91 Å². The van der Waals surface area contributed by atoms with E-state index >= 15 is 0 Å². The summed E-state index contributed by atoms with van der Waals surface area (Å²) >= 11 is 0. The third-order valence-electron chi connectivity index (χ3n) is 0.370. The minimum atomic E-state index is -0.657. The summed E-state index contributed by atoms with van der Waals surface area (Å²) in [6, 6.07) is 0. The molecule has 3 nitrogen and oxygen atoms in total. The quantitative estimate of drug-likeness (QED) is 0.566. The number of nitrogens with one attached hydrogen (secondary N) is 1. The number of primary amides is 1. The predicted molar refractivity (Wildman–Crippen MR) is 49.9 cm³/mol. The highest BCUT2D eigenvalue weighted by Crippen LogP contribution is 1.59. The molecule has 11 heavy (non-hydrogen) atoms. The van der Waals surface area contributed by atoms with Gasteiger partial charge < -0.3 is 5.73 Å². The van der Waals surface area contributed by atoms with Gasteiger partial charge in [0.1, 0.15) is 0 Å². The van der Waals surface area contributed by atoms with E-state index < -0.39 is 5.91 Å². The summed E-state index contributed by atoms with van der Waals surface area (Å²) in [4.78, 5) is 9.70. The van der Waals surface area contributed by atoms with Crippen LogP contribution in [-0.2, 0) is 4.79 Å². The molecule has 0 rings (SSSR count). The van der Waals surface area contributed by atoms with Crippen LogP contribution in [0.25, 0.3) is 0 Å². The molecule has 0 radical (unpaired) electrons. The van der Waals surface area contributed by atoms with Crippen LogP contribution in [0.5, 0.6) is 0 Å². The first kappa shape index (κ1) is 16.6. The van der Waals surface area contributed by atoms with Gasteiger partial charge in [0.05, 0.1) is 5.71 Å². The lowest BCUT2D eigenvalue weighted by atomic mass is 10.4. The summed E-state index contributed by atoms with van der Waals surface area (Å²) in [6.45, 7) is 9.60. The molecule has 0 saturated heterocycles. The van der Waals surface area contributed by atoms with Gasteiger partial charge in [0, 0.05) is 0 Å². The zero-order chi connectivity index (χ0) is 9.86.